The van der Waals surface area contributed by atoms with Gasteiger partial charge in [0.25, 0.3) is 0 Å². The zero-order chi connectivity index (χ0) is 19.8. The first-order valence-electron chi connectivity index (χ1n) is 9.44. The number of hydrogen-bond donors (Lipinski definition) is 0. The fraction of sp³-hybridized carbons (Fsp3) is 0.409. The fourth-order valence-electron chi connectivity index (χ4n) is 4.66. The molecule has 0 amide bonds. The van der Waals surface area contributed by atoms with Gasteiger partial charge < -0.3 is 19.1 Å². The van der Waals surface area contributed by atoms with E-state index >= 15 is 0 Å². The van der Waals surface area contributed by atoms with Crippen molar-refractivity contribution in [2.24, 2.45) is 5.92 Å². The molecule has 0 radical (unpaired) electrons. The molecule has 1 aliphatic carbocycles. The maximum absolute atomic E-state index is 12.8. The number of carbonyl (C=O) groups is 1. The zero-order valence-corrected chi connectivity index (χ0v) is 17.9. The summed E-state index contributed by atoms with van der Waals surface area (Å²) in [5.74, 6) is 2.11. The number of ketones is 1. The van der Waals surface area contributed by atoms with E-state index in [9.17, 15) is 4.79 Å². The molecule has 0 aromatic heterocycles. The van der Waals surface area contributed by atoms with Crippen molar-refractivity contribution in [2.45, 2.75) is 31.3 Å². The predicted octanol–water partition coefficient (Wildman–Crippen LogP) is 4.77. The van der Waals surface area contributed by atoms with E-state index in [2.05, 4.69) is 33.0 Å². The highest BCUT2D eigenvalue weighted by molar-refractivity contribution is 9.10. The van der Waals surface area contributed by atoms with Gasteiger partial charge in [-0.2, -0.15) is 0 Å². The van der Waals surface area contributed by atoms with E-state index in [-0.39, 0.29) is 18.0 Å². The van der Waals surface area contributed by atoms with E-state index in [1.54, 1.807) is 21.3 Å². The fourth-order valence-corrected chi connectivity index (χ4v) is 4.92. The van der Waals surface area contributed by atoms with Gasteiger partial charge >= 0.3 is 0 Å². The van der Waals surface area contributed by atoms with Crippen molar-refractivity contribution in [1.82, 2.24) is 0 Å². The van der Waals surface area contributed by atoms with Crippen molar-refractivity contribution >= 4 is 27.4 Å². The average Bonchev–Trinajstić information content (AvgIpc) is 2.73. The largest absolute Gasteiger partial charge is 0.493 e. The Kier molecular flexibility index (Phi) is 5.23. The summed E-state index contributed by atoms with van der Waals surface area (Å²) in [6.07, 6.45) is 2.56. The maximum atomic E-state index is 12.8. The smallest absolute Gasteiger partial charge is 0.203 e. The van der Waals surface area contributed by atoms with Crippen molar-refractivity contribution in [1.29, 1.82) is 0 Å². The molecule has 2 heterocycles. The lowest BCUT2D eigenvalue weighted by molar-refractivity contribution is -0.128. The highest BCUT2D eigenvalue weighted by atomic mass is 79.9. The van der Waals surface area contributed by atoms with Crippen LogP contribution < -0.4 is 19.1 Å². The second-order valence-electron chi connectivity index (χ2n) is 7.30. The van der Waals surface area contributed by atoms with Gasteiger partial charge in [0.05, 0.1) is 27.4 Å². The number of ether oxygens (including phenoxy) is 3. The van der Waals surface area contributed by atoms with Crippen LogP contribution in [0.25, 0.3) is 0 Å². The SMILES string of the molecule is COc1cc([C@@H]2[C@H]3CC[C@H](CC3=O)N2c2ccc(Br)cc2)cc(OC)c1OC. The highest BCUT2D eigenvalue weighted by Gasteiger charge is 2.47. The van der Waals surface area contributed by atoms with Crippen LogP contribution in [-0.4, -0.2) is 33.2 Å². The van der Waals surface area contributed by atoms with Gasteiger partial charge in [0.1, 0.15) is 5.78 Å². The lowest BCUT2D eigenvalue weighted by Gasteiger charge is -2.52. The third-order valence-electron chi connectivity index (χ3n) is 5.89. The Morgan fingerprint density at radius 3 is 2.14 bits per heavy atom. The second kappa shape index (κ2) is 7.66. The van der Waals surface area contributed by atoms with Crippen molar-refractivity contribution in [3.05, 3.63) is 46.4 Å². The van der Waals surface area contributed by atoms with Crippen LogP contribution in [0.15, 0.2) is 40.9 Å². The van der Waals surface area contributed by atoms with Crippen LogP contribution in [0.4, 0.5) is 5.69 Å². The highest BCUT2D eigenvalue weighted by Crippen LogP contribution is 2.50. The van der Waals surface area contributed by atoms with Crippen LogP contribution in [-0.2, 0) is 4.79 Å². The molecule has 2 aromatic rings. The van der Waals surface area contributed by atoms with E-state index in [4.69, 9.17) is 14.2 Å². The predicted molar refractivity (Wildman–Crippen MR) is 112 cm³/mol. The number of Topliss-reactive ketones (excluding diaryl/α,β-unsaturated/α-hetero) is 1. The molecule has 2 aromatic carbocycles. The second-order valence-corrected chi connectivity index (χ2v) is 8.21. The van der Waals surface area contributed by atoms with Gasteiger partial charge in [-0.15, -0.1) is 0 Å². The van der Waals surface area contributed by atoms with E-state index < -0.39 is 0 Å². The number of piperidine rings is 2. The first-order chi connectivity index (χ1) is 13.6. The number of carbonyl (C=O) groups excluding carboxylic acids is 1. The van der Waals surface area contributed by atoms with Crippen LogP contribution >= 0.6 is 15.9 Å². The van der Waals surface area contributed by atoms with Crippen LogP contribution in [0.5, 0.6) is 17.2 Å². The minimum atomic E-state index is -0.0464. The molecule has 2 saturated heterocycles. The molecule has 3 aliphatic rings. The number of rotatable bonds is 5. The van der Waals surface area contributed by atoms with E-state index in [0.717, 1.165) is 28.6 Å². The van der Waals surface area contributed by atoms with E-state index in [0.29, 0.717) is 29.5 Å². The third kappa shape index (κ3) is 3.13. The van der Waals surface area contributed by atoms with Crippen LogP contribution in [0.3, 0.4) is 0 Å². The summed E-state index contributed by atoms with van der Waals surface area (Å²) in [5, 5.41) is 0. The molecule has 28 heavy (non-hydrogen) atoms. The minimum Gasteiger partial charge on any atom is -0.493 e. The van der Waals surface area contributed by atoms with Crippen molar-refractivity contribution in [3.63, 3.8) is 0 Å². The summed E-state index contributed by atoms with van der Waals surface area (Å²) >= 11 is 3.51. The maximum Gasteiger partial charge on any atom is 0.203 e. The molecule has 3 atom stereocenters. The first-order valence-corrected chi connectivity index (χ1v) is 10.2. The number of nitrogens with zero attached hydrogens (tertiary/aromatic N) is 1. The van der Waals surface area contributed by atoms with Gasteiger partial charge in [-0.3, -0.25) is 4.79 Å². The Labute approximate surface area is 173 Å². The number of halogens is 1. The summed E-state index contributed by atoms with van der Waals surface area (Å²) in [4.78, 5) is 15.2. The molecule has 1 saturated carbocycles. The van der Waals surface area contributed by atoms with Crippen LogP contribution in [0.1, 0.15) is 30.9 Å². The van der Waals surface area contributed by atoms with Crippen molar-refractivity contribution < 1.29 is 19.0 Å². The quantitative estimate of drug-likeness (QED) is 0.662. The average molecular weight is 446 g/mol. The van der Waals surface area contributed by atoms with Gasteiger partial charge in [0, 0.05) is 28.5 Å². The number of benzene rings is 2. The summed E-state index contributed by atoms with van der Waals surface area (Å²) in [6, 6.07) is 12.4. The van der Waals surface area contributed by atoms with E-state index in [1.165, 1.54) is 0 Å². The first kappa shape index (κ1) is 19.1. The Morgan fingerprint density at radius 2 is 1.61 bits per heavy atom. The normalized spacial score (nSPS) is 23.6. The van der Waals surface area contributed by atoms with Crippen LogP contribution in [0.2, 0.25) is 0 Å². The molecule has 2 bridgehead atoms. The van der Waals surface area contributed by atoms with Gasteiger partial charge in [-0.25, -0.2) is 0 Å². The van der Waals surface area contributed by atoms with Crippen LogP contribution in [0, 0.1) is 5.92 Å². The summed E-state index contributed by atoms with van der Waals surface area (Å²) < 4.78 is 17.6. The van der Waals surface area contributed by atoms with Gasteiger partial charge in [0.2, 0.25) is 5.75 Å². The molecule has 5 rings (SSSR count). The minimum absolute atomic E-state index is 0.0311. The molecule has 0 N–H and O–H groups in total. The van der Waals surface area contributed by atoms with Gasteiger partial charge in [-0.1, -0.05) is 15.9 Å². The molecule has 148 valence electrons. The Balaban J connectivity index is 1.85. The zero-order valence-electron chi connectivity index (χ0n) is 16.3. The lowest BCUT2D eigenvalue weighted by Crippen LogP contribution is -2.54. The molecule has 0 unspecified atom stereocenters. The topological polar surface area (TPSA) is 48.0 Å². The monoisotopic (exact) mass is 445 g/mol. The summed E-state index contributed by atoms with van der Waals surface area (Å²) in [7, 11) is 4.83. The van der Waals surface area contributed by atoms with Gasteiger partial charge in [0.15, 0.2) is 11.5 Å². The third-order valence-corrected chi connectivity index (χ3v) is 6.42. The van der Waals surface area contributed by atoms with Gasteiger partial charge in [-0.05, 0) is 54.8 Å². The molecule has 0 spiro atoms. The Hall–Kier alpha value is -2.21. The number of anilines is 1. The molecule has 3 fully saturated rings. The Morgan fingerprint density at radius 1 is 0.964 bits per heavy atom. The molecular weight excluding hydrogens is 422 g/mol. The molecule has 5 nitrogen and oxygen atoms in total. The Bertz CT molecular complexity index is 858. The molecule has 6 heteroatoms. The van der Waals surface area contributed by atoms with E-state index in [1.807, 2.05) is 24.3 Å². The number of hydrogen-bond acceptors (Lipinski definition) is 5. The summed E-state index contributed by atoms with van der Waals surface area (Å²) in [5.41, 5.74) is 2.14. The lowest BCUT2D eigenvalue weighted by atomic mass is 9.71. The van der Waals surface area contributed by atoms with Crippen molar-refractivity contribution in [3.8, 4) is 17.2 Å². The number of fused-ring (bicyclic) bond motifs is 3. The standard InChI is InChI=1S/C22H24BrNO4/c1-26-19-10-13(11-20(27-2)22(19)28-3)21-17-9-8-16(12-18(17)25)24(21)15-6-4-14(23)5-7-15/h4-7,10-11,16-17,21H,8-9,12H2,1-3H3/t16-,17+,21-/m1/s1. The molecule has 2 aliphatic heterocycles. The summed E-state index contributed by atoms with van der Waals surface area (Å²) in [6.45, 7) is 0. The molecular formula is C22H24BrNO4. The van der Waals surface area contributed by atoms with Crippen molar-refractivity contribution in [2.75, 3.05) is 26.2 Å². The number of methoxy groups -OCH3 is 3.